The van der Waals surface area contributed by atoms with Gasteiger partial charge >= 0.3 is 11.9 Å². The second kappa shape index (κ2) is 3.35. The van der Waals surface area contributed by atoms with E-state index in [9.17, 15) is 13.6 Å². The number of alkyl halides is 2. The Morgan fingerprint density at radius 1 is 1.50 bits per heavy atom. The van der Waals surface area contributed by atoms with E-state index in [0.717, 1.165) is 13.8 Å². The van der Waals surface area contributed by atoms with Crippen LogP contribution in [0.1, 0.15) is 20.8 Å². The standard InChI is InChI=1S/C7H12F2O3/c1-4-12-5(10)7(8,9)6(2,3)11/h11H,4H2,1-3H3. The molecular formula is C7H12F2O3. The Hall–Kier alpha value is -0.710. The highest BCUT2D eigenvalue weighted by molar-refractivity contribution is 5.79. The van der Waals surface area contributed by atoms with Crippen LogP contribution in [0.5, 0.6) is 0 Å². The van der Waals surface area contributed by atoms with Gasteiger partial charge in [-0.25, -0.2) is 4.79 Å². The minimum absolute atomic E-state index is 0.134. The van der Waals surface area contributed by atoms with Gasteiger partial charge in [-0.2, -0.15) is 8.78 Å². The summed E-state index contributed by atoms with van der Waals surface area (Å²) in [6.07, 6.45) is 0. The predicted molar refractivity (Wildman–Crippen MR) is 37.9 cm³/mol. The van der Waals surface area contributed by atoms with Crippen molar-refractivity contribution in [3.63, 3.8) is 0 Å². The third kappa shape index (κ3) is 2.14. The fraction of sp³-hybridized carbons (Fsp3) is 0.857. The SMILES string of the molecule is CCOC(=O)C(F)(F)C(C)(C)O. The molecule has 0 saturated carbocycles. The van der Waals surface area contributed by atoms with Gasteiger partial charge in [-0.05, 0) is 20.8 Å². The van der Waals surface area contributed by atoms with Gasteiger partial charge in [-0.3, -0.25) is 0 Å². The van der Waals surface area contributed by atoms with Gasteiger partial charge in [0.25, 0.3) is 0 Å². The van der Waals surface area contributed by atoms with Crippen LogP contribution in [-0.4, -0.2) is 29.2 Å². The third-order valence-corrected chi connectivity index (χ3v) is 1.30. The van der Waals surface area contributed by atoms with Gasteiger partial charge in [0.1, 0.15) is 5.60 Å². The summed E-state index contributed by atoms with van der Waals surface area (Å²) in [5, 5.41) is 8.89. The summed E-state index contributed by atoms with van der Waals surface area (Å²) in [5.74, 6) is -5.55. The van der Waals surface area contributed by atoms with Crippen molar-refractivity contribution in [1.82, 2.24) is 0 Å². The first kappa shape index (κ1) is 11.3. The number of rotatable bonds is 3. The summed E-state index contributed by atoms with van der Waals surface area (Å²) in [5.41, 5.74) is -2.39. The molecular weight excluding hydrogens is 170 g/mol. The minimum Gasteiger partial charge on any atom is -0.461 e. The average molecular weight is 182 g/mol. The number of carbonyl (C=O) groups excluding carboxylic acids is 1. The summed E-state index contributed by atoms with van der Waals surface area (Å²) in [6.45, 7) is 2.98. The third-order valence-electron chi connectivity index (χ3n) is 1.30. The highest BCUT2D eigenvalue weighted by Gasteiger charge is 2.53. The molecule has 5 heteroatoms. The average Bonchev–Trinajstić information content (AvgIpc) is 1.85. The molecule has 0 aromatic rings. The van der Waals surface area contributed by atoms with E-state index in [2.05, 4.69) is 4.74 Å². The zero-order valence-corrected chi connectivity index (χ0v) is 7.23. The molecule has 0 unspecified atom stereocenters. The molecule has 3 nitrogen and oxygen atoms in total. The van der Waals surface area contributed by atoms with E-state index in [1.807, 2.05) is 0 Å². The summed E-state index contributed by atoms with van der Waals surface area (Å²) >= 11 is 0. The molecule has 0 spiro atoms. The lowest BCUT2D eigenvalue weighted by atomic mass is 10.0. The van der Waals surface area contributed by atoms with E-state index in [1.165, 1.54) is 6.92 Å². The molecule has 72 valence electrons. The fourth-order valence-electron chi connectivity index (χ4n) is 0.472. The molecule has 0 saturated heterocycles. The highest BCUT2D eigenvalue weighted by Crippen LogP contribution is 2.29. The van der Waals surface area contributed by atoms with Crippen molar-refractivity contribution in [3.05, 3.63) is 0 Å². The molecule has 0 aromatic heterocycles. The molecule has 0 rings (SSSR count). The summed E-state index contributed by atoms with van der Waals surface area (Å²) in [4.78, 5) is 10.6. The molecule has 0 aliphatic heterocycles. The Labute approximate surface area is 69.3 Å². The van der Waals surface area contributed by atoms with Crippen LogP contribution in [0.3, 0.4) is 0 Å². The second-order valence-corrected chi connectivity index (χ2v) is 2.85. The zero-order valence-electron chi connectivity index (χ0n) is 7.23. The molecule has 0 radical (unpaired) electrons. The fourth-order valence-corrected chi connectivity index (χ4v) is 0.472. The molecule has 1 N–H and O–H groups in total. The van der Waals surface area contributed by atoms with E-state index in [-0.39, 0.29) is 6.61 Å². The summed E-state index contributed by atoms with van der Waals surface area (Å²) in [7, 11) is 0. The van der Waals surface area contributed by atoms with Gasteiger partial charge in [0.15, 0.2) is 0 Å². The Balaban J connectivity index is 4.50. The smallest absolute Gasteiger partial charge is 0.380 e. The second-order valence-electron chi connectivity index (χ2n) is 2.85. The van der Waals surface area contributed by atoms with Crippen molar-refractivity contribution < 1.29 is 23.4 Å². The Morgan fingerprint density at radius 3 is 2.17 bits per heavy atom. The zero-order chi connectivity index (χ0) is 9.99. The number of hydrogen-bond acceptors (Lipinski definition) is 3. The van der Waals surface area contributed by atoms with Gasteiger partial charge in [0.05, 0.1) is 6.61 Å². The Kier molecular flexibility index (Phi) is 3.15. The van der Waals surface area contributed by atoms with Crippen LogP contribution in [0.4, 0.5) is 8.78 Å². The highest BCUT2D eigenvalue weighted by atomic mass is 19.3. The number of hydrogen-bond donors (Lipinski definition) is 1. The number of ether oxygens (including phenoxy) is 1. The molecule has 0 atom stereocenters. The summed E-state index contributed by atoms with van der Waals surface area (Å²) < 4.78 is 29.7. The minimum atomic E-state index is -3.86. The normalized spacial score (nSPS) is 12.8. The lowest BCUT2D eigenvalue weighted by Gasteiger charge is -2.26. The van der Waals surface area contributed by atoms with Crippen LogP contribution in [0.2, 0.25) is 0 Å². The molecule has 0 bridgehead atoms. The van der Waals surface area contributed by atoms with Crippen LogP contribution < -0.4 is 0 Å². The van der Waals surface area contributed by atoms with Crippen LogP contribution >= 0.6 is 0 Å². The topological polar surface area (TPSA) is 46.5 Å². The van der Waals surface area contributed by atoms with Crippen molar-refractivity contribution in [3.8, 4) is 0 Å². The molecule has 0 fully saturated rings. The van der Waals surface area contributed by atoms with E-state index in [0.29, 0.717) is 0 Å². The molecule has 12 heavy (non-hydrogen) atoms. The van der Waals surface area contributed by atoms with Crippen molar-refractivity contribution in [2.75, 3.05) is 6.61 Å². The number of carbonyl (C=O) groups is 1. The first-order valence-corrected chi connectivity index (χ1v) is 3.51. The van der Waals surface area contributed by atoms with Crippen molar-refractivity contribution in [2.24, 2.45) is 0 Å². The first-order valence-electron chi connectivity index (χ1n) is 3.51. The Morgan fingerprint density at radius 2 is 1.92 bits per heavy atom. The predicted octanol–water partition coefficient (Wildman–Crippen LogP) is 0.956. The lowest BCUT2D eigenvalue weighted by Crippen LogP contribution is -2.49. The van der Waals surface area contributed by atoms with Gasteiger partial charge in [0, 0.05) is 0 Å². The van der Waals surface area contributed by atoms with Crippen molar-refractivity contribution in [1.29, 1.82) is 0 Å². The summed E-state index contributed by atoms with van der Waals surface area (Å²) in [6, 6.07) is 0. The van der Waals surface area contributed by atoms with Gasteiger partial charge in [0.2, 0.25) is 0 Å². The van der Waals surface area contributed by atoms with Crippen LogP contribution in [-0.2, 0) is 9.53 Å². The lowest BCUT2D eigenvalue weighted by molar-refractivity contribution is -0.205. The maximum Gasteiger partial charge on any atom is 0.380 e. The number of halogens is 2. The molecule has 0 heterocycles. The van der Waals surface area contributed by atoms with Crippen LogP contribution in [0.15, 0.2) is 0 Å². The largest absolute Gasteiger partial charge is 0.461 e. The molecule has 0 aromatic carbocycles. The quantitative estimate of drug-likeness (QED) is 0.661. The molecule has 0 aliphatic rings. The monoisotopic (exact) mass is 182 g/mol. The van der Waals surface area contributed by atoms with E-state index < -0.39 is 17.5 Å². The van der Waals surface area contributed by atoms with Gasteiger partial charge in [-0.1, -0.05) is 0 Å². The van der Waals surface area contributed by atoms with Crippen LogP contribution in [0.25, 0.3) is 0 Å². The molecule has 0 aliphatic carbocycles. The maximum atomic E-state index is 12.8. The van der Waals surface area contributed by atoms with E-state index in [1.54, 1.807) is 0 Å². The first-order chi connectivity index (χ1) is 5.23. The number of esters is 1. The van der Waals surface area contributed by atoms with Gasteiger partial charge in [-0.15, -0.1) is 0 Å². The van der Waals surface area contributed by atoms with Crippen molar-refractivity contribution >= 4 is 5.97 Å². The van der Waals surface area contributed by atoms with E-state index in [4.69, 9.17) is 5.11 Å². The van der Waals surface area contributed by atoms with Crippen LogP contribution in [0, 0.1) is 0 Å². The number of aliphatic hydroxyl groups is 1. The maximum absolute atomic E-state index is 12.8. The Bertz CT molecular complexity index is 172. The van der Waals surface area contributed by atoms with Gasteiger partial charge < -0.3 is 9.84 Å². The van der Waals surface area contributed by atoms with Crippen molar-refractivity contribution in [2.45, 2.75) is 32.3 Å². The molecule has 0 amide bonds. The van der Waals surface area contributed by atoms with E-state index >= 15 is 0 Å².